The Hall–Kier alpha value is -0.510. The number of carbonyl (C=O) groups is 2. The molecule has 4 heteroatoms. The normalized spacial score (nSPS) is 12.3. The lowest BCUT2D eigenvalue weighted by molar-refractivity contribution is -0.144. The smallest absolute Gasteiger partial charge is 0.302 e. The Morgan fingerprint density at radius 3 is 2.36 bits per heavy atom. The van der Waals surface area contributed by atoms with Crippen LogP contribution in [0, 0.1) is 0 Å². The van der Waals surface area contributed by atoms with Crippen molar-refractivity contribution in [3.8, 4) is 0 Å². The molecule has 0 aromatic carbocycles. The van der Waals surface area contributed by atoms with Gasteiger partial charge in [0.15, 0.2) is 5.12 Å². The van der Waals surface area contributed by atoms with Gasteiger partial charge in [-0.15, -0.1) is 0 Å². The Labute approximate surface area is 70.5 Å². The highest BCUT2D eigenvalue weighted by Gasteiger charge is 2.06. The van der Waals surface area contributed by atoms with Crippen LogP contribution in [0.3, 0.4) is 0 Å². The van der Waals surface area contributed by atoms with Gasteiger partial charge in [-0.05, 0) is 6.92 Å². The molecule has 0 heterocycles. The molecule has 0 aliphatic carbocycles. The molecule has 0 spiro atoms. The second-order valence-electron chi connectivity index (χ2n) is 2.22. The SMILES string of the molecule is CC(=O)OC(C)CSC(C)=O. The lowest BCUT2D eigenvalue weighted by atomic mass is 10.5. The molecule has 0 N–H and O–H groups in total. The van der Waals surface area contributed by atoms with Gasteiger partial charge in [-0.25, -0.2) is 0 Å². The van der Waals surface area contributed by atoms with Gasteiger partial charge in [-0.2, -0.15) is 0 Å². The molecule has 0 radical (unpaired) electrons. The van der Waals surface area contributed by atoms with E-state index in [1.807, 2.05) is 0 Å². The summed E-state index contributed by atoms with van der Waals surface area (Å²) in [5.74, 6) is 0.233. The maximum Gasteiger partial charge on any atom is 0.302 e. The molecule has 0 fully saturated rings. The number of carbonyl (C=O) groups excluding carboxylic acids is 2. The van der Waals surface area contributed by atoms with Crippen LogP contribution in [-0.2, 0) is 14.3 Å². The molecular formula is C7H12O3S. The summed E-state index contributed by atoms with van der Waals surface area (Å²) in [5, 5.41) is 0.0454. The van der Waals surface area contributed by atoms with Gasteiger partial charge in [-0.3, -0.25) is 9.59 Å². The third kappa shape index (κ3) is 7.39. The van der Waals surface area contributed by atoms with E-state index in [0.717, 1.165) is 0 Å². The van der Waals surface area contributed by atoms with Crippen molar-refractivity contribution >= 4 is 22.8 Å². The van der Waals surface area contributed by atoms with E-state index in [1.54, 1.807) is 6.92 Å². The summed E-state index contributed by atoms with van der Waals surface area (Å²) in [6, 6.07) is 0. The van der Waals surface area contributed by atoms with Gasteiger partial charge in [0, 0.05) is 19.6 Å². The highest BCUT2D eigenvalue weighted by Crippen LogP contribution is 2.05. The minimum Gasteiger partial charge on any atom is -0.462 e. The first-order valence-electron chi connectivity index (χ1n) is 3.33. The van der Waals surface area contributed by atoms with Gasteiger partial charge in [0.05, 0.1) is 0 Å². The van der Waals surface area contributed by atoms with E-state index in [1.165, 1.54) is 25.6 Å². The molecule has 1 unspecified atom stereocenters. The van der Waals surface area contributed by atoms with E-state index in [-0.39, 0.29) is 17.2 Å². The maximum absolute atomic E-state index is 10.5. The lowest BCUT2D eigenvalue weighted by Crippen LogP contribution is -2.15. The Morgan fingerprint density at radius 2 is 2.00 bits per heavy atom. The van der Waals surface area contributed by atoms with E-state index in [2.05, 4.69) is 0 Å². The molecule has 0 saturated heterocycles. The van der Waals surface area contributed by atoms with Crippen molar-refractivity contribution in [1.29, 1.82) is 0 Å². The summed E-state index contributed by atoms with van der Waals surface area (Å²) in [7, 11) is 0. The van der Waals surface area contributed by atoms with Crippen LogP contribution in [0.1, 0.15) is 20.8 Å². The number of ether oxygens (including phenoxy) is 1. The first-order chi connectivity index (χ1) is 5.02. The fourth-order valence-corrected chi connectivity index (χ4v) is 1.09. The van der Waals surface area contributed by atoms with E-state index in [0.29, 0.717) is 5.75 Å². The monoisotopic (exact) mass is 176 g/mol. The molecular weight excluding hydrogens is 164 g/mol. The fourth-order valence-electron chi connectivity index (χ4n) is 0.552. The van der Waals surface area contributed by atoms with Crippen LogP contribution < -0.4 is 0 Å². The molecule has 11 heavy (non-hydrogen) atoms. The van der Waals surface area contributed by atoms with Gasteiger partial charge in [-0.1, -0.05) is 11.8 Å². The van der Waals surface area contributed by atoms with Crippen LogP contribution in [0.2, 0.25) is 0 Å². The first-order valence-corrected chi connectivity index (χ1v) is 4.31. The van der Waals surface area contributed by atoms with Crippen molar-refractivity contribution in [1.82, 2.24) is 0 Å². The molecule has 0 bridgehead atoms. The standard InChI is InChI=1S/C7H12O3S/c1-5(10-6(2)8)4-11-7(3)9/h5H,4H2,1-3H3. The number of thioether (sulfide) groups is 1. The highest BCUT2D eigenvalue weighted by molar-refractivity contribution is 8.13. The second-order valence-corrected chi connectivity index (χ2v) is 3.42. The zero-order chi connectivity index (χ0) is 8.85. The third-order valence-corrected chi connectivity index (χ3v) is 1.93. The Morgan fingerprint density at radius 1 is 1.45 bits per heavy atom. The van der Waals surface area contributed by atoms with E-state index in [9.17, 15) is 9.59 Å². The van der Waals surface area contributed by atoms with Crippen molar-refractivity contribution in [2.45, 2.75) is 26.9 Å². The van der Waals surface area contributed by atoms with Crippen LogP contribution in [0.25, 0.3) is 0 Å². The fraction of sp³-hybridized carbons (Fsp3) is 0.714. The molecule has 0 aromatic heterocycles. The summed E-state index contributed by atoms with van der Waals surface area (Å²) in [6.07, 6.45) is -0.179. The highest BCUT2D eigenvalue weighted by atomic mass is 32.2. The van der Waals surface area contributed by atoms with E-state index in [4.69, 9.17) is 4.74 Å². The van der Waals surface area contributed by atoms with Gasteiger partial charge in [0.1, 0.15) is 6.10 Å². The molecule has 0 aliphatic rings. The zero-order valence-corrected chi connectivity index (χ0v) is 7.73. The van der Waals surface area contributed by atoms with Crippen molar-refractivity contribution in [3.05, 3.63) is 0 Å². The predicted octanol–water partition coefficient (Wildman–Crippen LogP) is 1.22. The summed E-state index contributed by atoms with van der Waals surface area (Å²) in [5.41, 5.74) is 0. The van der Waals surface area contributed by atoms with Gasteiger partial charge >= 0.3 is 5.97 Å². The van der Waals surface area contributed by atoms with E-state index >= 15 is 0 Å². The zero-order valence-electron chi connectivity index (χ0n) is 6.92. The second kappa shape index (κ2) is 5.18. The number of hydrogen-bond donors (Lipinski definition) is 0. The van der Waals surface area contributed by atoms with Crippen LogP contribution in [0.5, 0.6) is 0 Å². The minimum absolute atomic E-state index is 0.0454. The molecule has 64 valence electrons. The molecule has 0 aromatic rings. The van der Waals surface area contributed by atoms with Crippen LogP contribution in [-0.4, -0.2) is 22.9 Å². The summed E-state index contributed by atoms with van der Waals surface area (Å²) in [4.78, 5) is 20.8. The molecule has 0 saturated carbocycles. The molecule has 0 aliphatic heterocycles. The third-order valence-electron chi connectivity index (χ3n) is 0.888. The quantitative estimate of drug-likeness (QED) is 0.606. The Bertz CT molecular complexity index is 156. The molecule has 3 nitrogen and oxygen atoms in total. The van der Waals surface area contributed by atoms with Crippen molar-refractivity contribution < 1.29 is 14.3 Å². The number of rotatable bonds is 3. The van der Waals surface area contributed by atoms with Gasteiger partial charge < -0.3 is 4.74 Å². The topological polar surface area (TPSA) is 43.4 Å². The van der Waals surface area contributed by atoms with E-state index < -0.39 is 0 Å². The van der Waals surface area contributed by atoms with Gasteiger partial charge in [0.2, 0.25) is 0 Å². The Kier molecular flexibility index (Phi) is 4.94. The van der Waals surface area contributed by atoms with Crippen molar-refractivity contribution in [3.63, 3.8) is 0 Å². The van der Waals surface area contributed by atoms with Crippen molar-refractivity contribution in [2.75, 3.05) is 5.75 Å². The Balaban J connectivity index is 3.44. The molecule has 0 rings (SSSR count). The van der Waals surface area contributed by atoms with Crippen LogP contribution in [0.15, 0.2) is 0 Å². The average Bonchev–Trinajstić information content (AvgIpc) is 1.82. The summed E-state index contributed by atoms with van der Waals surface area (Å²) in [6.45, 7) is 4.61. The predicted molar refractivity (Wildman–Crippen MR) is 44.4 cm³/mol. The minimum atomic E-state index is -0.304. The number of hydrogen-bond acceptors (Lipinski definition) is 4. The maximum atomic E-state index is 10.5. The lowest BCUT2D eigenvalue weighted by Gasteiger charge is -2.09. The van der Waals surface area contributed by atoms with Crippen LogP contribution in [0.4, 0.5) is 0 Å². The van der Waals surface area contributed by atoms with Gasteiger partial charge in [0.25, 0.3) is 0 Å². The largest absolute Gasteiger partial charge is 0.462 e. The molecule has 1 atom stereocenters. The van der Waals surface area contributed by atoms with Crippen LogP contribution >= 0.6 is 11.8 Å². The average molecular weight is 176 g/mol. The number of esters is 1. The summed E-state index contributed by atoms with van der Waals surface area (Å²) < 4.78 is 4.79. The first kappa shape index (κ1) is 10.5. The van der Waals surface area contributed by atoms with Crippen molar-refractivity contribution in [2.24, 2.45) is 0 Å². The summed E-state index contributed by atoms with van der Waals surface area (Å²) >= 11 is 1.17. The molecule has 0 amide bonds.